The molecule has 0 aliphatic rings. The summed E-state index contributed by atoms with van der Waals surface area (Å²) < 4.78 is 11.2. The Morgan fingerprint density at radius 3 is 2.95 bits per heavy atom. The molecule has 2 aromatic heterocycles. The molecule has 2 heterocycles. The van der Waals surface area contributed by atoms with Crippen LogP contribution >= 0.6 is 0 Å². The van der Waals surface area contributed by atoms with E-state index >= 15 is 0 Å². The number of ether oxygens (including phenoxy) is 1. The summed E-state index contributed by atoms with van der Waals surface area (Å²) in [7, 11) is 0. The maximum Gasteiger partial charge on any atom is 0.234 e. The Morgan fingerprint density at radius 1 is 1.29 bits per heavy atom. The molecule has 0 saturated heterocycles. The quantitative estimate of drug-likeness (QED) is 0.771. The molecule has 0 aliphatic heterocycles. The molecule has 0 fully saturated rings. The molecule has 1 atom stereocenters. The number of nitrogens with zero attached hydrogens (tertiary/aromatic N) is 2. The average molecular weight is 283 g/mol. The summed E-state index contributed by atoms with van der Waals surface area (Å²) in [4.78, 5) is 8.46. The Bertz CT molecular complexity index is 706. The van der Waals surface area contributed by atoms with E-state index in [1.807, 2.05) is 44.2 Å². The van der Waals surface area contributed by atoms with Crippen LogP contribution in [0.3, 0.4) is 0 Å². The Labute approximate surface area is 123 Å². The van der Waals surface area contributed by atoms with Gasteiger partial charge in [-0.3, -0.25) is 4.98 Å². The van der Waals surface area contributed by atoms with Crippen LogP contribution in [0.1, 0.15) is 25.6 Å². The van der Waals surface area contributed by atoms with Crippen LogP contribution in [-0.2, 0) is 0 Å². The van der Waals surface area contributed by atoms with Crippen LogP contribution in [-0.4, -0.2) is 16.6 Å². The van der Waals surface area contributed by atoms with Crippen LogP contribution in [0.4, 0.5) is 5.82 Å². The Morgan fingerprint density at radius 2 is 2.14 bits per heavy atom. The number of para-hydroxylation sites is 1. The first-order valence-corrected chi connectivity index (χ1v) is 6.96. The normalized spacial score (nSPS) is 12.3. The first-order chi connectivity index (χ1) is 10.3. The lowest BCUT2D eigenvalue weighted by Gasteiger charge is -2.12. The van der Waals surface area contributed by atoms with Crippen LogP contribution < -0.4 is 10.1 Å². The van der Waals surface area contributed by atoms with Crippen molar-refractivity contribution in [2.24, 2.45) is 0 Å². The third-order valence-electron chi connectivity index (χ3n) is 3.14. The fourth-order valence-corrected chi connectivity index (χ4v) is 2.14. The van der Waals surface area contributed by atoms with E-state index in [1.54, 1.807) is 12.4 Å². The highest BCUT2D eigenvalue weighted by molar-refractivity contribution is 5.77. The molecule has 0 aliphatic carbocycles. The molecule has 108 valence electrons. The lowest BCUT2D eigenvalue weighted by Crippen LogP contribution is -2.08. The molecule has 3 aromatic rings. The van der Waals surface area contributed by atoms with Crippen LogP contribution in [0.25, 0.3) is 11.0 Å². The van der Waals surface area contributed by atoms with Crippen molar-refractivity contribution < 1.29 is 9.15 Å². The molecule has 0 spiro atoms. The van der Waals surface area contributed by atoms with Gasteiger partial charge in [-0.1, -0.05) is 18.2 Å². The fraction of sp³-hybridized carbons (Fsp3) is 0.250. The van der Waals surface area contributed by atoms with Crippen molar-refractivity contribution in [2.45, 2.75) is 19.9 Å². The van der Waals surface area contributed by atoms with Crippen molar-refractivity contribution in [1.82, 2.24) is 9.97 Å². The highest BCUT2D eigenvalue weighted by atomic mass is 16.5. The third kappa shape index (κ3) is 2.97. The van der Waals surface area contributed by atoms with Gasteiger partial charge in [0, 0.05) is 5.39 Å². The van der Waals surface area contributed by atoms with Crippen molar-refractivity contribution in [3.63, 3.8) is 0 Å². The fourth-order valence-electron chi connectivity index (χ4n) is 2.14. The summed E-state index contributed by atoms with van der Waals surface area (Å²) in [6.45, 7) is 4.50. The van der Waals surface area contributed by atoms with E-state index in [4.69, 9.17) is 9.15 Å². The molecule has 0 amide bonds. The van der Waals surface area contributed by atoms with Gasteiger partial charge in [0.2, 0.25) is 5.88 Å². The minimum absolute atomic E-state index is 0.0106. The number of nitrogens with one attached hydrogen (secondary N) is 1. The maximum atomic E-state index is 5.84. The Balaban J connectivity index is 1.79. The highest BCUT2D eigenvalue weighted by Crippen LogP contribution is 2.25. The molecule has 0 saturated carbocycles. The monoisotopic (exact) mass is 283 g/mol. The molecule has 0 unspecified atom stereocenters. The zero-order valence-corrected chi connectivity index (χ0v) is 12.0. The van der Waals surface area contributed by atoms with Crippen molar-refractivity contribution in [3.8, 4) is 5.88 Å². The first-order valence-electron chi connectivity index (χ1n) is 6.96. The molecule has 3 rings (SSSR count). The molecular formula is C16H17N3O2. The standard InChI is InChI=1S/C16H17N3O2/c1-3-20-16-10-17-9-15(19-16)18-11(2)14-8-12-6-4-5-7-13(12)21-14/h4-11H,3H2,1-2H3,(H,18,19)/t11-/m1/s1. The zero-order valence-electron chi connectivity index (χ0n) is 12.0. The van der Waals surface area contributed by atoms with Gasteiger partial charge in [0.25, 0.3) is 0 Å². The van der Waals surface area contributed by atoms with Crippen LogP contribution in [0, 0.1) is 0 Å². The van der Waals surface area contributed by atoms with Gasteiger partial charge in [-0.05, 0) is 26.0 Å². The molecule has 21 heavy (non-hydrogen) atoms. The van der Waals surface area contributed by atoms with E-state index in [9.17, 15) is 0 Å². The molecule has 5 nitrogen and oxygen atoms in total. The van der Waals surface area contributed by atoms with Crippen molar-refractivity contribution in [1.29, 1.82) is 0 Å². The Kier molecular flexibility index (Phi) is 3.73. The molecule has 1 aromatic carbocycles. The SMILES string of the molecule is CCOc1cncc(N[C@H](C)c2cc3ccccc3o2)n1. The number of hydrogen-bond acceptors (Lipinski definition) is 5. The summed E-state index contributed by atoms with van der Waals surface area (Å²) >= 11 is 0. The maximum absolute atomic E-state index is 5.84. The predicted octanol–water partition coefficient (Wildman–Crippen LogP) is 3.79. The van der Waals surface area contributed by atoms with Crippen molar-refractivity contribution in [3.05, 3.63) is 48.5 Å². The second-order valence-corrected chi connectivity index (χ2v) is 4.73. The molecular weight excluding hydrogens is 266 g/mol. The van der Waals surface area contributed by atoms with Gasteiger partial charge in [0.05, 0.1) is 25.0 Å². The summed E-state index contributed by atoms with van der Waals surface area (Å²) in [6, 6.07) is 9.98. The number of rotatable bonds is 5. The average Bonchev–Trinajstić information content (AvgIpc) is 2.92. The third-order valence-corrected chi connectivity index (χ3v) is 3.14. The number of fused-ring (bicyclic) bond motifs is 1. The van der Waals surface area contributed by atoms with Gasteiger partial charge in [-0.2, -0.15) is 4.98 Å². The topological polar surface area (TPSA) is 60.2 Å². The van der Waals surface area contributed by atoms with E-state index in [2.05, 4.69) is 15.3 Å². The molecule has 0 radical (unpaired) electrons. The lowest BCUT2D eigenvalue weighted by atomic mass is 10.2. The summed E-state index contributed by atoms with van der Waals surface area (Å²) in [5, 5.41) is 4.36. The van der Waals surface area contributed by atoms with Gasteiger partial charge < -0.3 is 14.5 Å². The zero-order chi connectivity index (χ0) is 14.7. The molecule has 1 N–H and O–H groups in total. The summed E-state index contributed by atoms with van der Waals surface area (Å²) in [5.74, 6) is 2.04. The van der Waals surface area contributed by atoms with Gasteiger partial charge >= 0.3 is 0 Å². The van der Waals surface area contributed by atoms with Crippen LogP contribution in [0.5, 0.6) is 5.88 Å². The highest BCUT2D eigenvalue weighted by Gasteiger charge is 2.12. The minimum atomic E-state index is -0.0106. The van der Waals surface area contributed by atoms with Crippen molar-refractivity contribution >= 4 is 16.8 Å². The number of furan rings is 1. The van der Waals surface area contributed by atoms with Gasteiger partial charge in [-0.25, -0.2) is 0 Å². The van der Waals surface area contributed by atoms with E-state index in [1.165, 1.54) is 0 Å². The van der Waals surface area contributed by atoms with E-state index in [-0.39, 0.29) is 6.04 Å². The van der Waals surface area contributed by atoms with E-state index in [0.29, 0.717) is 18.3 Å². The van der Waals surface area contributed by atoms with E-state index in [0.717, 1.165) is 16.7 Å². The number of aromatic nitrogens is 2. The summed E-state index contributed by atoms with van der Waals surface area (Å²) in [6.07, 6.45) is 3.27. The molecule has 5 heteroatoms. The van der Waals surface area contributed by atoms with Crippen molar-refractivity contribution in [2.75, 3.05) is 11.9 Å². The second kappa shape index (κ2) is 5.83. The van der Waals surface area contributed by atoms with Crippen LogP contribution in [0.2, 0.25) is 0 Å². The van der Waals surface area contributed by atoms with Crippen LogP contribution in [0.15, 0.2) is 47.1 Å². The summed E-state index contributed by atoms with van der Waals surface area (Å²) in [5.41, 5.74) is 0.885. The lowest BCUT2D eigenvalue weighted by molar-refractivity contribution is 0.325. The number of anilines is 1. The van der Waals surface area contributed by atoms with E-state index < -0.39 is 0 Å². The number of hydrogen-bond donors (Lipinski definition) is 1. The smallest absolute Gasteiger partial charge is 0.234 e. The van der Waals surface area contributed by atoms with Gasteiger partial charge in [0.15, 0.2) is 0 Å². The van der Waals surface area contributed by atoms with Gasteiger partial charge in [0.1, 0.15) is 17.2 Å². The Hall–Kier alpha value is -2.56. The second-order valence-electron chi connectivity index (χ2n) is 4.73. The molecule has 0 bridgehead atoms. The minimum Gasteiger partial charge on any atom is -0.477 e. The largest absolute Gasteiger partial charge is 0.477 e. The predicted molar refractivity (Wildman–Crippen MR) is 81.5 cm³/mol. The first kappa shape index (κ1) is 13.4. The van der Waals surface area contributed by atoms with Gasteiger partial charge in [-0.15, -0.1) is 0 Å². The number of benzene rings is 1.